The number of pyridine rings is 1. The molecule has 3 aliphatic heterocycles. The minimum atomic E-state index is -0.194. The molecule has 5 rings (SSSR count). The van der Waals surface area contributed by atoms with Gasteiger partial charge in [0.05, 0.1) is 0 Å². The van der Waals surface area contributed by atoms with Crippen LogP contribution in [0.2, 0.25) is 0 Å². The highest BCUT2D eigenvalue weighted by atomic mass is 19.1. The molecule has 142 valence electrons. The number of hydrogen-bond donors (Lipinski definition) is 0. The number of amides is 1. The maximum absolute atomic E-state index is 13.1. The monoisotopic (exact) mass is 367 g/mol. The Balaban J connectivity index is 1.37. The molecular weight excluding hydrogens is 341 g/mol. The van der Waals surface area contributed by atoms with E-state index in [0.29, 0.717) is 18.4 Å². The van der Waals surface area contributed by atoms with E-state index in [1.165, 1.54) is 18.6 Å². The maximum Gasteiger partial charge on any atom is 0.223 e. The van der Waals surface area contributed by atoms with Crippen LogP contribution < -0.4 is 0 Å². The number of carbonyl (C=O) groups excluding carboxylic acids is 1. The third-order valence-corrected chi connectivity index (χ3v) is 5.81. The average Bonchev–Trinajstić information content (AvgIpc) is 2.99. The Morgan fingerprint density at radius 3 is 2.56 bits per heavy atom. The summed E-state index contributed by atoms with van der Waals surface area (Å²) in [6.07, 6.45) is 7.17. The van der Waals surface area contributed by atoms with Crippen LogP contribution in [0.15, 0.2) is 48.8 Å². The zero-order valence-corrected chi connectivity index (χ0v) is 15.6. The Hall–Kier alpha value is -2.27. The number of piperidine rings is 1. The Bertz CT molecular complexity index is 765. The van der Waals surface area contributed by atoms with E-state index in [2.05, 4.69) is 14.8 Å². The highest BCUT2D eigenvalue weighted by molar-refractivity contribution is 5.77. The minimum Gasteiger partial charge on any atom is -0.338 e. The fourth-order valence-electron chi connectivity index (χ4n) is 4.41. The Morgan fingerprint density at radius 1 is 1.00 bits per heavy atom. The SMILES string of the molecule is O=C(CCc1ccncc1)N1C[C@H]2CC[C@@H]1CN(Cc1ccc(F)cc1)C2. The topological polar surface area (TPSA) is 36.4 Å². The number of hydrogen-bond acceptors (Lipinski definition) is 3. The van der Waals surface area contributed by atoms with Crippen LogP contribution in [0.25, 0.3) is 0 Å². The van der Waals surface area contributed by atoms with Crippen molar-refractivity contribution in [1.82, 2.24) is 14.8 Å². The van der Waals surface area contributed by atoms with Crippen molar-refractivity contribution in [2.24, 2.45) is 5.92 Å². The molecule has 5 heteroatoms. The molecule has 0 saturated carbocycles. The van der Waals surface area contributed by atoms with Crippen molar-refractivity contribution < 1.29 is 9.18 Å². The van der Waals surface area contributed by atoms with Crippen molar-refractivity contribution in [3.05, 3.63) is 65.7 Å². The fourth-order valence-corrected chi connectivity index (χ4v) is 4.41. The van der Waals surface area contributed by atoms with Gasteiger partial charge in [0.2, 0.25) is 5.91 Å². The van der Waals surface area contributed by atoms with Crippen molar-refractivity contribution in [3.63, 3.8) is 0 Å². The normalized spacial score (nSPS) is 22.6. The number of aryl methyl sites for hydroxylation is 1. The fraction of sp³-hybridized carbons (Fsp3) is 0.455. The molecular formula is C22H26FN3O. The van der Waals surface area contributed by atoms with E-state index in [9.17, 15) is 9.18 Å². The van der Waals surface area contributed by atoms with E-state index in [1.807, 2.05) is 24.3 Å². The molecule has 3 aliphatic rings. The van der Waals surface area contributed by atoms with Gasteiger partial charge in [0, 0.05) is 51.0 Å². The van der Waals surface area contributed by atoms with Crippen molar-refractivity contribution in [3.8, 4) is 0 Å². The van der Waals surface area contributed by atoms with Gasteiger partial charge >= 0.3 is 0 Å². The van der Waals surface area contributed by atoms with Gasteiger partial charge in [-0.1, -0.05) is 12.1 Å². The van der Waals surface area contributed by atoms with Gasteiger partial charge in [-0.15, -0.1) is 0 Å². The summed E-state index contributed by atoms with van der Waals surface area (Å²) in [7, 11) is 0. The van der Waals surface area contributed by atoms with E-state index in [1.54, 1.807) is 12.4 Å². The molecule has 0 N–H and O–H groups in total. The molecule has 0 aliphatic carbocycles. The van der Waals surface area contributed by atoms with Gasteiger partial charge in [-0.25, -0.2) is 4.39 Å². The first kappa shape index (κ1) is 18.1. The first-order valence-electron chi connectivity index (χ1n) is 9.82. The summed E-state index contributed by atoms with van der Waals surface area (Å²) in [5, 5.41) is 0. The molecule has 1 aromatic heterocycles. The molecule has 1 aromatic carbocycles. The molecule has 2 bridgehead atoms. The predicted octanol–water partition coefficient (Wildman–Crippen LogP) is 3.28. The molecule has 1 amide bonds. The zero-order chi connectivity index (χ0) is 18.6. The van der Waals surface area contributed by atoms with Crippen LogP contribution in [0, 0.1) is 11.7 Å². The number of rotatable bonds is 5. The van der Waals surface area contributed by atoms with Crippen molar-refractivity contribution in [1.29, 1.82) is 0 Å². The van der Waals surface area contributed by atoms with Crippen LogP contribution in [-0.4, -0.2) is 46.4 Å². The first-order chi connectivity index (χ1) is 13.2. The summed E-state index contributed by atoms with van der Waals surface area (Å²) in [6, 6.07) is 11.0. The molecule has 4 nitrogen and oxygen atoms in total. The van der Waals surface area contributed by atoms with Crippen molar-refractivity contribution in [2.75, 3.05) is 19.6 Å². The molecule has 0 radical (unpaired) electrons. The largest absolute Gasteiger partial charge is 0.338 e. The number of nitrogens with zero attached hydrogens (tertiary/aromatic N) is 3. The van der Waals surface area contributed by atoms with Gasteiger partial charge in [0.15, 0.2) is 0 Å². The number of carbonyl (C=O) groups is 1. The van der Waals surface area contributed by atoms with Crippen LogP contribution in [0.5, 0.6) is 0 Å². The average molecular weight is 367 g/mol. The summed E-state index contributed by atoms with van der Waals surface area (Å²) >= 11 is 0. The summed E-state index contributed by atoms with van der Waals surface area (Å²) in [4.78, 5) is 21.5. The molecule has 4 heterocycles. The second-order valence-corrected chi connectivity index (χ2v) is 7.82. The highest BCUT2D eigenvalue weighted by Crippen LogP contribution is 2.29. The molecule has 0 unspecified atom stereocenters. The molecule has 27 heavy (non-hydrogen) atoms. The third-order valence-electron chi connectivity index (χ3n) is 5.81. The Morgan fingerprint density at radius 2 is 1.78 bits per heavy atom. The lowest BCUT2D eigenvalue weighted by atomic mass is 9.94. The van der Waals surface area contributed by atoms with Crippen LogP contribution in [0.4, 0.5) is 4.39 Å². The standard InChI is InChI=1S/C22H26FN3O/c23-20-5-1-18(2-6-20)13-25-14-19-3-7-21(16-25)26(15-19)22(27)8-4-17-9-11-24-12-10-17/h1-2,5-6,9-12,19,21H,3-4,7-8,13-16H2/t19-,21+/m0/s1. The van der Waals surface area contributed by atoms with Gasteiger partial charge in [-0.3, -0.25) is 14.7 Å². The number of halogens is 1. The lowest BCUT2D eigenvalue weighted by Crippen LogP contribution is -2.47. The Labute approximate surface area is 160 Å². The van der Waals surface area contributed by atoms with Crippen molar-refractivity contribution in [2.45, 2.75) is 38.3 Å². The first-order valence-corrected chi connectivity index (χ1v) is 9.82. The van der Waals surface area contributed by atoms with Gasteiger partial charge in [-0.05, 0) is 60.6 Å². The maximum atomic E-state index is 13.1. The highest BCUT2D eigenvalue weighted by Gasteiger charge is 2.36. The summed E-state index contributed by atoms with van der Waals surface area (Å²) in [6.45, 7) is 3.63. The number of benzene rings is 1. The van der Waals surface area contributed by atoms with Crippen LogP contribution >= 0.6 is 0 Å². The smallest absolute Gasteiger partial charge is 0.223 e. The van der Waals surface area contributed by atoms with E-state index in [0.717, 1.165) is 50.1 Å². The summed E-state index contributed by atoms with van der Waals surface area (Å²) < 4.78 is 13.1. The second-order valence-electron chi connectivity index (χ2n) is 7.82. The quantitative estimate of drug-likeness (QED) is 0.814. The van der Waals surface area contributed by atoms with E-state index in [-0.39, 0.29) is 11.7 Å². The van der Waals surface area contributed by atoms with Gasteiger partial charge in [0.25, 0.3) is 0 Å². The van der Waals surface area contributed by atoms with Crippen LogP contribution in [0.3, 0.4) is 0 Å². The molecule has 2 atom stereocenters. The Kier molecular flexibility index (Phi) is 5.48. The third kappa shape index (κ3) is 4.53. The second kappa shape index (κ2) is 8.17. The molecule has 2 aromatic rings. The van der Waals surface area contributed by atoms with Crippen molar-refractivity contribution >= 4 is 5.91 Å². The van der Waals surface area contributed by atoms with E-state index in [4.69, 9.17) is 0 Å². The van der Waals surface area contributed by atoms with Crippen LogP contribution in [0.1, 0.15) is 30.4 Å². The molecule has 3 saturated heterocycles. The molecule has 3 fully saturated rings. The van der Waals surface area contributed by atoms with Gasteiger partial charge in [0.1, 0.15) is 5.82 Å². The lowest BCUT2D eigenvalue weighted by molar-refractivity contribution is -0.135. The minimum absolute atomic E-state index is 0.194. The van der Waals surface area contributed by atoms with E-state index < -0.39 is 0 Å². The lowest BCUT2D eigenvalue weighted by Gasteiger charge is -2.36. The zero-order valence-electron chi connectivity index (χ0n) is 15.6. The van der Waals surface area contributed by atoms with Crippen LogP contribution in [-0.2, 0) is 17.8 Å². The predicted molar refractivity (Wildman–Crippen MR) is 102 cm³/mol. The molecule has 0 spiro atoms. The van der Waals surface area contributed by atoms with Gasteiger partial charge < -0.3 is 4.90 Å². The summed E-state index contributed by atoms with van der Waals surface area (Å²) in [5.74, 6) is 0.611. The summed E-state index contributed by atoms with van der Waals surface area (Å²) in [5.41, 5.74) is 2.30. The number of aromatic nitrogens is 1. The number of fused-ring (bicyclic) bond motifs is 4. The van der Waals surface area contributed by atoms with E-state index >= 15 is 0 Å². The van der Waals surface area contributed by atoms with Gasteiger partial charge in [-0.2, -0.15) is 0 Å².